The summed E-state index contributed by atoms with van der Waals surface area (Å²) in [4.78, 5) is 24.3. The Morgan fingerprint density at radius 1 is 1.00 bits per heavy atom. The molecule has 2 aromatic carbocycles. The van der Waals surface area contributed by atoms with Crippen LogP contribution in [0.2, 0.25) is 5.02 Å². The van der Waals surface area contributed by atoms with Crippen molar-refractivity contribution < 1.29 is 42.1 Å². The molecule has 8 nitrogen and oxygen atoms in total. The highest BCUT2D eigenvalue weighted by atomic mass is 35.5. The van der Waals surface area contributed by atoms with Gasteiger partial charge in [0.15, 0.2) is 18.1 Å². The number of ether oxygens (including phenoxy) is 5. The molecular formula is C19H18ClF2NO7. The maximum Gasteiger partial charge on any atom is 0.387 e. The van der Waals surface area contributed by atoms with Crippen molar-refractivity contribution >= 4 is 29.2 Å². The van der Waals surface area contributed by atoms with E-state index in [1.54, 1.807) is 0 Å². The molecule has 30 heavy (non-hydrogen) atoms. The molecule has 0 aliphatic heterocycles. The standard InChI is InChI=1S/C19H18ClF2NO7/c1-26-14-6-10(7-15(27-2)17(14)28-3)18(25)29-9-16(24)23-11-4-5-13(12(20)8-11)30-19(21)22/h4-8,19H,9H2,1-3H3,(H,23,24). The molecule has 0 aromatic heterocycles. The molecule has 162 valence electrons. The summed E-state index contributed by atoms with van der Waals surface area (Å²) in [6, 6.07) is 6.46. The minimum Gasteiger partial charge on any atom is -0.493 e. The predicted octanol–water partition coefficient (Wildman–Crippen LogP) is 3.76. The van der Waals surface area contributed by atoms with Gasteiger partial charge < -0.3 is 29.0 Å². The molecule has 1 N–H and O–H groups in total. The van der Waals surface area contributed by atoms with Crippen molar-refractivity contribution in [2.75, 3.05) is 33.3 Å². The molecule has 0 bridgehead atoms. The molecule has 0 spiro atoms. The molecule has 0 heterocycles. The van der Waals surface area contributed by atoms with Gasteiger partial charge >= 0.3 is 12.6 Å². The average Bonchev–Trinajstić information content (AvgIpc) is 2.72. The topological polar surface area (TPSA) is 92.3 Å². The fourth-order valence-electron chi connectivity index (χ4n) is 2.38. The zero-order valence-electron chi connectivity index (χ0n) is 16.2. The van der Waals surface area contributed by atoms with Crippen LogP contribution in [-0.4, -0.2) is 46.4 Å². The molecule has 0 saturated carbocycles. The maximum absolute atomic E-state index is 12.3. The van der Waals surface area contributed by atoms with Gasteiger partial charge in [0.1, 0.15) is 5.75 Å². The van der Waals surface area contributed by atoms with Crippen molar-refractivity contribution in [3.05, 3.63) is 40.9 Å². The van der Waals surface area contributed by atoms with Crippen LogP contribution in [-0.2, 0) is 9.53 Å². The lowest BCUT2D eigenvalue weighted by molar-refractivity contribution is -0.119. The summed E-state index contributed by atoms with van der Waals surface area (Å²) in [5.74, 6) is -0.926. The van der Waals surface area contributed by atoms with Gasteiger partial charge in [-0.3, -0.25) is 4.79 Å². The van der Waals surface area contributed by atoms with Crippen LogP contribution in [0.25, 0.3) is 0 Å². The van der Waals surface area contributed by atoms with Crippen LogP contribution in [0.15, 0.2) is 30.3 Å². The van der Waals surface area contributed by atoms with Gasteiger partial charge in [-0.05, 0) is 30.3 Å². The number of carbonyl (C=O) groups excluding carboxylic acids is 2. The van der Waals surface area contributed by atoms with Gasteiger partial charge in [0.05, 0.1) is 31.9 Å². The number of hydrogen-bond acceptors (Lipinski definition) is 7. The van der Waals surface area contributed by atoms with Gasteiger partial charge in [0.25, 0.3) is 5.91 Å². The molecule has 2 rings (SSSR count). The van der Waals surface area contributed by atoms with Gasteiger partial charge in [-0.15, -0.1) is 0 Å². The molecule has 0 fully saturated rings. The van der Waals surface area contributed by atoms with E-state index in [0.717, 1.165) is 0 Å². The highest BCUT2D eigenvalue weighted by Gasteiger charge is 2.19. The molecule has 0 saturated heterocycles. The number of esters is 1. The van der Waals surface area contributed by atoms with Crippen molar-refractivity contribution in [1.82, 2.24) is 0 Å². The molecular weight excluding hydrogens is 428 g/mol. The van der Waals surface area contributed by atoms with E-state index in [-0.39, 0.29) is 33.5 Å². The van der Waals surface area contributed by atoms with Crippen molar-refractivity contribution in [2.24, 2.45) is 0 Å². The molecule has 2 aromatic rings. The van der Waals surface area contributed by atoms with E-state index in [1.165, 1.54) is 51.7 Å². The van der Waals surface area contributed by atoms with Gasteiger partial charge in [0, 0.05) is 5.69 Å². The summed E-state index contributed by atoms with van der Waals surface area (Å²) >= 11 is 5.82. The summed E-state index contributed by atoms with van der Waals surface area (Å²) in [6.45, 7) is -3.64. The Labute approximate surface area is 175 Å². The summed E-state index contributed by atoms with van der Waals surface area (Å²) in [7, 11) is 4.20. The van der Waals surface area contributed by atoms with E-state index in [1.807, 2.05) is 0 Å². The van der Waals surface area contributed by atoms with E-state index >= 15 is 0 Å². The zero-order valence-corrected chi connectivity index (χ0v) is 16.9. The fraction of sp³-hybridized carbons (Fsp3) is 0.263. The smallest absolute Gasteiger partial charge is 0.387 e. The van der Waals surface area contributed by atoms with E-state index in [4.69, 9.17) is 30.5 Å². The van der Waals surface area contributed by atoms with Crippen molar-refractivity contribution in [2.45, 2.75) is 6.61 Å². The Balaban J connectivity index is 2.01. The van der Waals surface area contributed by atoms with E-state index in [2.05, 4.69) is 10.1 Å². The van der Waals surface area contributed by atoms with Gasteiger partial charge in [0.2, 0.25) is 5.75 Å². The second-order valence-electron chi connectivity index (χ2n) is 5.56. The molecule has 0 atom stereocenters. The highest BCUT2D eigenvalue weighted by molar-refractivity contribution is 6.32. The third kappa shape index (κ3) is 5.86. The monoisotopic (exact) mass is 445 g/mol. The first kappa shape index (κ1) is 23.0. The van der Waals surface area contributed by atoms with Crippen LogP contribution in [0.4, 0.5) is 14.5 Å². The lowest BCUT2D eigenvalue weighted by atomic mass is 10.2. The number of benzene rings is 2. The van der Waals surface area contributed by atoms with E-state index in [9.17, 15) is 18.4 Å². The van der Waals surface area contributed by atoms with Crippen molar-refractivity contribution in [1.29, 1.82) is 0 Å². The Kier molecular flexibility index (Phi) is 8.05. The number of carbonyl (C=O) groups is 2. The lowest BCUT2D eigenvalue weighted by Crippen LogP contribution is -2.21. The molecule has 0 aliphatic carbocycles. The molecule has 0 aliphatic rings. The van der Waals surface area contributed by atoms with Gasteiger partial charge in [-0.25, -0.2) is 4.79 Å². The number of hydrogen-bond donors (Lipinski definition) is 1. The third-order valence-corrected chi connectivity index (χ3v) is 3.96. The Bertz CT molecular complexity index is 899. The number of nitrogens with one attached hydrogen (secondary N) is 1. The first-order chi connectivity index (χ1) is 14.3. The van der Waals surface area contributed by atoms with Gasteiger partial charge in [-0.1, -0.05) is 11.6 Å². The van der Waals surface area contributed by atoms with Crippen LogP contribution < -0.4 is 24.3 Å². The number of rotatable bonds is 9. The van der Waals surface area contributed by atoms with E-state index in [0.29, 0.717) is 5.75 Å². The van der Waals surface area contributed by atoms with Crippen LogP contribution >= 0.6 is 11.6 Å². The number of halogens is 3. The van der Waals surface area contributed by atoms with E-state index < -0.39 is 25.1 Å². The number of methoxy groups -OCH3 is 3. The van der Waals surface area contributed by atoms with Crippen LogP contribution in [0.5, 0.6) is 23.0 Å². The second kappa shape index (κ2) is 10.5. The zero-order chi connectivity index (χ0) is 22.3. The molecule has 0 radical (unpaired) electrons. The minimum atomic E-state index is -3.03. The van der Waals surface area contributed by atoms with Crippen molar-refractivity contribution in [3.63, 3.8) is 0 Å². The largest absolute Gasteiger partial charge is 0.493 e. The molecule has 11 heteroatoms. The first-order valence-corrected chi connectivity index (χ1v) is 8.68. The summed E-state index contributed by atoms with van der Waals surface area (Å²) in [5.41, 5.74) is 0.282. The van der Waals surface area contributed by atoms with Crippen LogP contribution in [0.1, 0.15) is 10.4 Å². The molecule has 0 unspecified atom stereocenters. The fourth-order valence-corrected chi connectivity index (χ4v) is 2.61. The lowest BCUT2D eigenvalue weighted by Gasteiger charge is -2.14. The first-order valence-electron chi connectivity index (χ1n) is 8.30. The predicted molar refractivity (Wildman–Crippen MR) is 103 cm³/mol. The second-order valence-corrected chi connectivity index (χ2v) is 5.97. The maximum atomic E-state index is 12.3. The van der Waals surface area contributed by atoms with Crippen LogP contribution in [0, 0.1) is 0 Å². The number of alkyl halides is 2. The minimum absolute atomic E-state index is 0.0776. The van der Waals surface area contributed by atoms with Gasteiger partial charge in [-0.2, -0.15) is 8.78 Å². The Hall–Kier alpha value is -3.27. The average molecular weight is 446 g/mol. The van der Waals surface area contributed by atoms with Crippen LogP contribution in [0.3, 0.4) is 0 Å². The number of amides is 1. The SMILES string of the molecule is COc1cc(C(=O)OCC(=O)Nc2ccc(OC(F)F)c(Cl)c2)cc(OC)c1OC. The summed E-state index contributed by atoms with van der Waals surface area (Å²) in [6.07, 6.45) is 0. The molecule has 1 amide bonds. The van der Waals surface area contributed by atoms with Crippen molar-refractivity contribution in [3.8, 4) is 23.0 Å². The normalized spacial score (nSPS) is 10.4. The number of anilines is 1. The quantitative estimate of drug-likeness (QED) is 0.587. The highest BCUT2D eigenvalue weighted by Crippen LogP contribution is 2.38. The summed E-state index contributed by atoms with van der Waals surface area (Å²) in [5, 5.41) is 2.30. The Morgan fingerprint density at radius 3 is 2.13 bits per heavy atom. The summed E-state index contributed by atoms with van der Waals surface area (Å²) < 4.78 is 49.2. The third-order valence-electron chi connectivity index (χ3n) is 3.67. The Morgan fingerprint density at radius 2 is 1.63 bits per heavy atom.